The number of thiophene rings is 2. The van der Waals surface area contributed by atoms with Crippen molar-refractivity contribution in [3.05, 3.63) is 69.1 Å². The normalized spacial score (nSPS) is 14.6. The predicted molar refractivity (Wildman–Crippen MR) is 160 cm³/mol. The average molecular weight is 642 g/mol. The van der Waals surface area contributed by atoms with Gasteiger partial charge >= 0.3 is 0 Å². The molecule has 4 rings (SSSR count). The third-order valence-corrected chi connectivity index (χ3v) is 8.68. The zero-order chi connectivity index (χ0) is 29.7. The number of rotatable bonds is 12. The minimum Gasteiger partial charge on any atom is -0.391 e. The van der Waals surface area contributed by atoms with Gasteiger partial charge in [0.15, 0.2) is 5.69 Å². The standard InChI is InChI=1S/C27H27Cl2FN4O5S2/c1-14(39-32-13-20(36)26(37)19(35)11-30)12-31-27(38)24-15(2)25(23-8-7-22(41-23)21-4-3-9-40-21)34(33-24)18-6-5-16(28)10-17(18)29/h3-10,13-14,19-20,26,35-37H,11-12H2,1-2H3,(H,31,38)/b32-13+/t14?,19-,20+,26-/m1/s1. The summed E-state index contributed by atoms with van der Waals surface area (Å²) >= 11 is 15.9. The number of aliphatic hydroxyl groups excluding tert-OH is 3. The van der Waals surface area contributed by atoms with E-state index in [4.69, 9.17) is 28.0 Å². The number of nitrogens with one attached hydrogen (secondary N) is 1. The lowest BCUT2D eigenvalue weighted by molar-refractivity contribution is -0.0429. The van der Waals surface area contributed by atoms with Gasteiger partial charge in [0.05, 0.1) is 34.0 Å². The second-order valence-electron chi connectivity index (χ2n) is 9.05. The van der Waals surface area contributed by atoms with Crippen molar-refractivity contribution in [2.75, 3.05) is 13.2 Å². The van der Waals surface area contributed by atoms with Crippen LogP contribution in [0, 0.1) is 6.92 Å². The van der Waals surface area contributed by atoms with Gasteiger partial charge in [-0.05, 0) is 55.6 Å². The number of hydrogen-bond donors (Lipinski definition) is 4. The summed E-state index contributed by atoms with van der Waals surface area (Å²) in [6, 6.07) is 13.1. The van der Waals surface area contributed by atoms with Gasteiger partial charge in [-0.2, -0.15) is 5.10 Å². The maximum Gasteiger partial charge on any atom is 0.272 e. The van der Waals surface area contributed by atoms with Crippen molar-refractivity contribution in [1.82, 2.24) is 15.1 Å². The van der Waals surface area contributed by atoms with E-state index in [9.17, 15) is 24.5 Å². The lowest BCUT2D eigenvalue weighted by atomic mass is 10.1. The lowest BCUT2D eigenvalue weighted by Gasteiger charge is -2.17. The summed E-state index contributed by atoms with van der Waals surface area (Å²) in [6.07, 6.45) is -4.94. The molecular formula is C27H27Cl2FN4O5S2. The maximum absolute atomic E-state index is 13.2. The predicted octanol–water partition coefficient (Wildman–Crippen LogP) is 5.12. The Labute approximate surface area is 253 Å². The monoisotopic (exact) mass is 640 g/mol. The summed E-state index contributed by atoms with van der Waals surface area (Å²) in [4.78, 5) is 21.5. The van der Waals surface area contributed by atoms with E-state index in [1.807, 2.05) is 36.6 Å². The van der Waals surface area contributed by atoms with Crippen molar-refractivity contribution in [1.29, 1.82) is 0 Å². The van der Waals surface area contributed by atoms with Crippen LogP contribution in [0.3, 0.4) is 0 Å². The molecule has 1 amide bonds. The first-order valence-corrected chi connectivity index (χ1v) is 14.8. The lowest BCUT2D eigenvalue weighted by Crippen LogP contribution is -2.39. The van der Waals surface area contributed by atoms with Crippen LogP contribution in [0.25, 0.3) is 26.0 Å². The summed E-state index contributed by atoms with van der Waals surface area (Å²) in [6.45, 7) is 2.25. The van der Waals surface area contributed by atoms with Crippen LogP contribution in [0.4, 0.5) is 4.39 Å². The minimum atomic E-state index is -1.76. The third-order valence-electron chi connectivity index (χ3n) is 5.99. The topological polar surface area (TPSA) is 129 Å². The van der Waals surface area contributed by atoms with E-state index in [0.717, 1.165) is 20.8 Å². The zero-order valence-corrected chi connectivity index (χ0v) is 25.0. The molecule has 0 radical (unpaired) electrons. The van der Waals surface area contributed by atoms with Crippen molar-refractivity contribution in [3.8, 4) is 26.0 Å². The van der Waals surface area contributed by atoms with Crippen LogP contribution >= 0.6 is 45.9 Å². The third kappa shape index (κ3) is 7.33. The van der Waals surface area contributed by atoms with E-state index in [1.165, 1.54) is 0 Å². The largest absolute Gasteiger partial charge is 0.391 e. The van der Waals surface area contributed by atoms with E-state index in [2.05, 4.69) is 15.6 Å². The van der Waals surface area contributed by atoms with Crippen LogP contribution in [0.2, 0.25) is 10.0 Å². The second kappa shape index (κ2) is 13.9. The molecule has 4 atom stereocenters. The molecular weight excluding hydrogens is 614 g/mol. The van der Waals surface area contributed by atoms with Gasteiger partial charge in [0, 0.05) is 20.3 Å². The molecule has 0 aliphatic heterocycles. The van der Waals surface area contributed by atoms with Crippen molar-refractivity contribution >= 4 is 58.0 Å². The molecule has 4 aromatic rings. The highest BCUT2D eigenvalue weighted by atomic mass is 35.5. The number of oxime groups is 1. The molecule has 0 saturated carbocycles. The Morgan fingerprint density at radius 2 is 1.95 bits per heavy atom. The summed E-state index contributed by atoms with van der Waals surface area (Å²) in [5.41, 5.74) is 2.10. The molecule has 0 fully saturated rings. The molecule has 1 aromatic carbocycles. The summed E-state index contributed by atoms with van der Waals surface area (Å²) in [5.74, 6) is -0.455. The molecule has 3 heterocycles. The summed E-state index contributed by atoms with van der Waals surface area (Å²) in [7, 11) is 0. The van der Waals surface area contributed by atoms with E-state index in [-0.39, 0.29) is 12.2 Å². The summed E-state index contributed by atoms with van der Waals surface area (Å²) < 4.78 is 14.1. The molecule has 0 bridgehead atoms. The first-order chi connectivity index (χ1) is 19.6. The van der Waals surface area contributed by atoms with Gasteiger partial charge in [-0.1, -0.05) is 34.4 Å². The van der Waals surface area contributed by atoms with E-state index < -0.39 is 37.0 Å². The van der Waals surface area contributed by atoms with E-state index >= 15 is 0 Å². The van der Waals surface area contributed by atoms with Gasteiger partial charge in [0.1, 0.15) is 31.1 Å². The number of carbonyl (C=O) groups is 1. The molecule has 14 heteroatoms. The van der Waals surface area contributed by atoms with E-state index in [1.54, 1.807) is 52.5 Å². The Morgan fingerprint density at radius 3 is 2.63 bits per heavy atom. The zero-order valence-electron chi connectivity index (χ0n) is 21.9. The smallest absolute Gasteiger partial charge is 0.272 e. The van der Waals surface area contributed by atoms with Gasteiger partial charge in [0.25, 0.3) is 5.91 Å². The fraction of sp³-hybridized carbons (Fsp3) is 0.296. The number of carbonyl (C=O) groups excluding carboxylic acids is 1. The Bertz CT molecular complexity index is 1510. The van der Waals surface area contributed by atoms with Crippen LogP contribution in [-0.4, -0.2) is 74.9 Å². The molecule has 218 valence electrons. The van der Waals surface area contributed by atoms with Crippen molar-refractivity contribution in [2.45, 2.75) is 38.3 Å². The Morgan fingerprint density at radius 1 is 1.20 bits per heavy atom. The molecule has 0 aliphatic rings. The van der Waals surface area contributed by atoms with Crippen LogP contribution in [0.1, 0.15) is 23.0 Å². The number of nitrogens with zero attached hydrogens (tertiary/aromatic N) is 3. The van der Waals surface area contributed by atoms with Crippen LogP contribution in [0.5, 0.6) is 0 Å². The average Bonchev–Trinajstić information content (AvgIpc) is 3.71. The molecule has 1 unspecified atom stereocenters. The Hall–Kier alpha value is -2.84. The number of hydrogen-bond acceptors (Lipinski definition) is 9. The number of aliphatic hydroxyl groups is 3. The van der Waals surface area contributed by atoms with Crippen molar-refractivity contribution < 1.29 is 29.3 Å². The number of benzene rings is 1. The Kier molecular flexibility index (Phi) is 10.5. The van der Waals surface area contributed by atoms with Gasteiger partial charge < -0.3 is 25.5 Å². The first-order valence-electron chi connectivity index (χ1n) is 12.4. The molecule has 3 aromatic heterocycles. The molecule has 0 spiro atoms. The van der Waals surface area contributed by atoms with Crippen molar-refractivity contribution in [3.63, 3.8) is 0 Å². The van der Waals surface area contributed by atoms with E-state index in [0.29, 0.717) is 27.0 Å². The fourth-order valence-electron chi connectivity index (χ4n) is 3.81. The number of halogens is 3. The van der Waals surface area contributed by atoms with Crippen LogP contribution < -0.4 is 5.32 Å². The van der Waals surface area contributed by atoms with Gasteiger partial charge in [0.2, 0.25) is 0 Å². The number of aromatic nitrogens is 2. The van der Waals surface area contributed by atoms with Gasteiger partial charge in [-0.15, -0.1) is 22.7 Å². The maximum atomic E-state index is 13.2. The quantitative estimate of drug-likeness (QED) is 0.126. The first kappa shape index (κ1) is 31.1. The number of alkyl halides is 1. The molecule has 41 heavy (non-hydrogen) atoms. The molecule has 4 N–H and O–H groups in total. The number of amides is 1. The highest BCUT2D eigenvalue weighted by Gasteiger charge is 2.25. The van der Waals surface area contributed by atoms with Gasteiger partial charge in [-0.3, -0.25) is 4.79 Å². The van der Waals surface area contributed by atoms with Crippen LogP contribution in [-0.2, 0) is 4.84 Å². The molecule has 0 saturated heterocycles. The SMILES string of the molecule is Cc1c(C(=O)NCC(C)O/N=C/[C@H](O)[C@H](O)[C@H](O)CF)nn(-c2ccc(Cl)cc2Cl)c1-c1ccc(-c2cccs2)s1. The fourth-order valence-corrected chi connectivity index (χ4v) is 6.23. The van der Waals surface area contributed by atoms with Crippen molar-refractivity contribution in [2.24, 2.45) is 5.16 Å². The highest BCUT2D eigenvalue weighted by molar-refractivity contribution is 7.23. The molecule has 9 nitrogen and oxygen atoms in total. The minimum absolute atomic E-state index is 0.0345. The van der Waals surface area contributed by atoms with Gasteiger partial charge in [-0.25, -0.2) is 9.07 Å². The van der Waals surface area contributed by atoms with Crippen LogP contribution in [0.15, 0.2) is 53.0 Å². The second-order valence-corrected chi connectivity index (χ2v) is 11.9. The Balaban J connectivity index is 1.54. The highest BCUT2D eigenvalue weighted by Crippen LogP contribution is 2.40. The molecule has 0 aliphatic carbocycles. The summed E-state index contributed by atoms with van der Waals surface area (Å²) in [5, 5.41) is 42.4.